The molecule has 2 aliphatic rings. The Balaban J connectivity index is 1.53. The van der Waals surface area contributed by atoms with Gasteiger partial charge in [-0.2, -0.15) is 15.1 Å². The first kappa shape index (κ1) is 21.4. The first-order valence-electron chi connectivity index (χ1n) is 10.3. The standard InChI is InChI=1S/C25H20ClN5OS/c1-14-7-4-5-10-20(14)24-29-31-22(27)21(23(32)28-25(31)33-24)12-17-11-15(2)30(16(17)3)19-9-6-8-18(26)13-19/h4-13,27H,1-3H3/b21-12-,27-22?. The largest absolute Gasteiger partial charge is 0.318 e. The van der Waals surface area contributed by atoms with Gasteiger partial charge in [-0.25, -0.2) is 0 Å². The number of amidine groups is 2. The predicted octanol–water partition coefficient (Wildman–Crippen LogP) is 5.72. The van der Waals surface area contributed by atoms with Gasteiger partial charge in [-0.05, 0) is 74.0 Å². The fraction of sp³-hybridized carbons (Fsp3) is 0.120. The highest BCUT2D eigenvalue weighted by atomic mass is 35.5. The molecule has 0 saturated heterocycles. The molecule has 8 heteroatoms. The molecule has 164 valence electrons. The summed E-state index contributed by atoms with van der Waals surface area (Å²) in [6.45, 7) is 5.98. The number of benzene rings is 2. The van der Waals surface area contributed by atoms with Gasteiger partial charge in [-0.1, -0.05) is 41.9 Å². The summed E-state index contributed by atoms with van der Waals surface area (Å²) in [6.07, 6.45) is 1.72. The summed E-state index contributed by atoms with van der Waals surface area (Å²) in [7, 11) is 0. The van der Waals surface area contributed by atoms with Crippen LogP contribution in [0.15, 0.2) is 70.3 Å². The molecule has 3 aromatic rings. The van der Waals surface area contributed by atoms with Crippen LogP contribution in [0.1, 0.15) is 28.1 Å². The summed E-state index contributed by atoms with van der Waals surface area (Å²) in [5.74, 6) is -0.416. The Bertz CT molecular complexity index is 1430. The maximum absolute atomic E-state index is 12.9. The number of fused-ring (bicyclic) bond motifs is 1. The third-order valence-electron chi connectivity index (χ3n) is 5.67. The second kappa shape index (κ2) is 8.17. The van der Waals surface area contributed by atoms with Gasteiger partial charge < -0.3 is 4.57 Å². The number of carbonyl (C=O) groups excluding carboxylic acids is 1. The lowest BCUT2D eigenvalue weighted by atomic mass is 10.1. The first-order valence-corrected chi connectivity index (χ1v) is 11.5. The minimum absolute atomic E-state index is 0.0219. The summed E-state index contributed by atoms with van der Waals surface area (Å²) in [5.41, 5.74) is 5.97. The number of hydrogen-bond acceptors (Lipinski definition) is 4. The molecule has 0 aliphatic carbocycles. The third kappa shape index (κ3) is 3.73. The highest BCUT2D eigenvalue weighted by molar-refractivity contribution is 8.27. The first-order chi connectivity index (χ1) is 15.8. The molecule has 0 radical (unpaired) electrons. The van der Waals surface area contributed by atoms with Crippen molar-refractivity contribution in [2.75, 3.05) is 0 Å². The van der Waals surface area contributed by atoms with E-state index in [1.807, 2.05) is 75.4 Å². The molecule has 3 heterocycles. The molecule has 1 aromatic heterocycles. The number of halogens is 1. The van der Waals surface area contributed by atoms with E-state index in [9.17, 15) is 4.79 Å². The lowest BCUT2D eigenvalue weighted by Gasteiger charge is -2.20. The van der Waals surface area contributed by atoms with E-state index in [0.717, 1.165) is 38.8 Å². The summed E-state index contributed by atoms with van der Waals surface area (Å²) >= 11 is 7.49. The number of aryl methyl sites for hydroxylation is 2. The molecule has 2 aliphatic heterocycles. The fourth-order valence-corrected chi connectivity index (χ4v) is 5.18. The molecule has 33 heavy (non-hydrogen) atoms. The topological polar surface area (TPSA) is 73.8 Å². The maximum Gasteiger partial charge on any atom is 0.283 e. The van der Waals surface area contributed by atoms with Gasteiger partial charge in [-0.3, -0.25) is 10.2 Å². The Labute approximate surface area is 200 Å². The zero-order valence-corrected chi connectivity index (χ0v) is 19.8. The quantitative estimate of drug-likeness (QED) is 0.494. The Morgan fingerprint density at radius 1 is 1.06 bits per heavy atom. The van der Waals surface area contributed by atoms with Gasteiger partial charge >= 0.3 is 0 Å². The molecular formula is C25H20ClN5OS. The van der Waals surface area contributed by atoms with Crippen LogP contribution >= 0.6 is 23.4 Å². The maximum atomic E-state index is 12.9. The minimum atomic E-state index is -0.437. The van der Waals surface area contributed by atoms with Crippen molar-refractivity contribution in [3.8, 4) is 5.69 Å². The van der Waals surface area contributed by atoms with Gasteiger partial charge in [0.1, 0.15) is 5.04 Å². The summed E-state index contributed by atoms with van der Waals surface area (Å²) in [5, 5.41) is 16.5. The van der Waals surface area contributed by atoms with E-state index < -0.39 is 5.91 Å². The number of amides is 1. The smallest absolute Gasteiger partial charge is 0.283 e. The predicted molar refractivity (Wildman–Crippen MR) is 136 cm³/mol. The highest BCUT2D eigenvalue weighted by Crippen LogP contribution is 2.32. The average Bonchev–Trinajstić information content (AvgIpc) is 3.32. The second-order valence-corrected chi connectivity index (χ2v) is 9.27. The van der Waals surface area contributed by atoms with Crippen molar-refractivity contribution >= 4 is 51.4 Å². The van der Waals surface area contributed by atoms with E-state index in [-0.39, 0.29) is 11.4 Å². The van der Waals surface area contributed by atoms with Gasteiger partial charge in [0.05, 0.1) is 5.57 Å². The van der Waals surface area contributed by atoms with Crippen molar-refractivity contribution in [3.63, 3.8) is 0 Å². The van der Waals surface area contributed by atoms with Crippen molar-refractivity contribution < 1.29 is 4.79 Å². The Morgan fingerprint density at radius 3 is 2.61 bits per heavy atom. The third-order valence-corrected chi connectivity index (χ3v) is 6.84. The van der Waals surface area contributed by atoms with Gasteiger partial charge in [0.2, 0.25) is 5.17 Å². The zero-order valence-electron chi connectivity index (χ0n) is 18.3. The summed E-state index contributed by atoms with van der Waals surface area (Å²) in [4.78, 5) is 17.1. The van der Waals surface area contributed by atoms with Crippen molar-refractivity contribution in [3.05, 3.63) is 93.3 Å². The molecule has 0 spiro atoms. The average molecular weight is 474 g/mol. The van der Waals surface area contributed by atoms with Crippen LogP contribution in [0.5, 0.6) is 0 Å². The van der Waals surface area contributed by atoms with E-state index in [1.165, 1.54) is 16.8 Å². The second-order valence-electron chi connectivity index (χ2n) is 7.88. The lowest BCUT2D eigenvalue weighted by Crippen LogP contribution is -2.35. The summed E-state index contributed by atoms with van der Waals surface area (Å²) < 4.78 is 2.07. The van der Waals surface area contributed by atoms with Crippen LogP contribution in [0.3, 0.4) is 0 Å². The fourth-order valence-electron chi connectivity index (χ4n) is 4.02. The molecular weight excluding hydrogens is 454 g/mol. The minimum Gasteiger partial charge on any atom is -0.318 e. The SMILES string of the molecule is Cc1ccccc1C1=NN2C(=N)/C(=C/c3cc(C)n(-c4cccc(Cl)c4)c3C)C(=O)N=C2S1. The molecule has 0 unspecified atom stereocenters. The number of nitrogens with zero attached hydrogens (tertiary/aromatic N) is 4. The van der Waals surface area contributed by atoms with Crippen LogP contribution in [0.25, 0.3) is 11.8 Å². The number of aromatic nitrogens is 1. The van der Waals surface area contributed by atoms with Crippen LogP contribution in [-0.2, 0) is 4.79 Å². The van der Waals surface area contributed by atoms with Crippen molar-refractivity contribution in [2.24, 2.45) is 10.1 Å². The normalized spacial score (nSPS) is 16.8. The van der Waals surface area contributed by atoms with E-state index in [0.29, 0.717) is 10.2 Å². The molecule has 0 atom stereocenters. The molecule has 2 aromatic carbocycles. The van der Waals surface area contributed by atoms with Crippen LogP contribution in [0.4, 0.5) is 0 Å². The van der Waals surface area contributed by atoms with E-state index in [4.69, 9.17) is 17.0 Å². The van der Waals surface area contributed by atoms with Crippen molar-refractivity contribution in [2.45, 2.75) is 20.8 Å². The van der Waals surface area contributed by atoms with E-state index in [1.54, 1.807) is 6.08 Å². The monoisotopic (exact) mass is 473 g/mol. The van der Waals surface area contributed by atoms with Gasteiger partial charge in [-0.15, -0.1) is 0 Å². The number of carbonyl (C=O) groups is 1. The molecule has 0 saturated carbocycles. The van der Waals surface area contributed by atoms with Crippen LogP contribution in [0.2, 0.25) is 5.02 Å². The molecule has 1 amide bonds. The number of nitrogens with one attached hydrogen (secondary N) is 1. The van der Waals surface area contributed by atoms with Crippen molar-refractivity contribution in [1.29, 1.82) is 5.41 Å². The van der Waals surface area contributed by atoms with E-state index in [2.05, 4.69) is 14.7 Å². The Kier molecular flexibility index (Phi) is 5.31. The highest BCUT2D eigenvalue weighted by Gasteiger charge is 2.36. The molecule has 6 nitrogen and oxygen atoms in total. The Morgan fingerprint density at radius 2 is 1.85 bits per heavy atom. The van der Waals surface area contributed by atoms with Crippen LogP contribution in [0, 0.1) is 26.2 Å². The van der Waals surface area contributed by atoms with Gasteiger partial charge in [0.15, 0.2) is 5.84 Å². The lowest BCUT2D eigenvalue weighted by molar-refractivity contribution is -0.114. The van der Waals surface area contributed by atoms with E-state index >= 15 is 0 Å². The molecule has 1 N–H and O–H groups in total. The number of rotatable bonds is 3. The number of hydrazone groups is 1. The van der Waals surface area contributed by atoms with Crippen LogP contribution in [-0.4, -0.2) is 31.5 Å². The summed E-state index contributed by atoms with van der Waals surface area (Å²) in [6, 6.07) is 17.5. The number of hydrogen-bond donors (Lipinski definition) is 1. The Hall–Kier alpha value is -3.42. The van der Waals surface area contributed by atoms with Gasteiger partial charge in [0.25, 0.3) is 5.91 Å². The number of aliphatic imine (C=N–C) groups is 1. The van der Waals surface area contributed by atoms with Crippen molar-refractivity contribution in [1.82, 2.24) is 9.58 Å². The molecule has 5 rings (SSSR count). The number of thioether (sulfide) groups is 1. The molecule has 0 fully saturated rings. The van der Waals surface area contributed by atoms with Crippen LogP contribution < -0.4 is 0 Å². The zero-order chi connectivity index (χ0) is 23.3. The molecule has 0 bridgehead atoms. The van der Waals surface area contributed by atoms with Gasteiger partial charge in [0, 0.05) is 27.7 Å².